The molecule has 0 amide bonds. The highest BCUT2D eigenvalue weighted by Gasteiger charge is 2.16. The molecule has 0 radical (unpaired) electrons. The SMILES string of the molecule is CCn1c(CCCc2ccc(-c3cc(NS(=O)(=O)c4ccccc4)ccn3)cc2)nn(Cc2ccc(C(C)(C)C)cc2)c1=O. The monoisotopic (exact) mass is 609 g/mol. The number of pyridine rings is 1. The Kier molecular flexibility index (Phi) is 9.15. The fourth-order valence-electron chi connectivity index (χ4n) is 5.13. The van der Waals surface area contributed by atoms with Crippen LogP contribution in [0.5, 0.6) is 0 Å². The van der Waals surface area contributed by atoms with Crippen LogP contribution < -0.4 is 10.4 Å². The molecule has 0 saturated heterocycles. The van der Waals surface area contributed by atoms with Gasteiger partial charge in [-0.05, 0) is 66.1 Å². The van der Waals surface area contributed by atoms with Gasteiger partial charge in [0.2, 0.25) is 0 Å². The molecule has 2 heterocycles. The second-order valence-corrected chi connectivity index (χ2v) is 13.6. The van der Waals surface area contributed by atoms with Crippen LogP contribution in [0.15, 0.2) is 107 Å². The van der Waals surface area contributed by atoms with Crippen molar-refractivity contribution in [1.82, 2.24) is 19.3 Å². The van der Waals surface area contributed by atoms with Crippen LogP contribution in [-0.4, -0.2) is 27.7 Å². The Morgan fingerprint density at radius 3 is 2.18 bits per heavy atom. The first-order chi connectivity index (χ1) is 21.0. The smallest absolute Gasteiger partial charge is 0.279 e. The lowest BCUT2D eigenvalue weighted by atomic mass is 9.87. The lowest BCUT2D eigenvalue weighted by Crippen LogP contribution is -2.25. The summed E-state index contributed by atoms with van der Waals surface area (Å²) < 4.78 is 31.4. The van der Waals surface area contributed by atoms with Gasteiger partial charge in [-0.3, -0.25) is 14.3 Å². The number of sulfonamides is 1. The van der Waals surface area contributed by atoms with Crippen molar-refractivity contribution in [2.45, 2.75) is 70.4 Å². The molecule has 5 aromatic rings. The number of benzene rings is 3. The van der Waals surface area contributed by atoms with Gasteiger partial charge in [0.25, 0.3) is 10.0 Å². The maximum atomic E-state index is 13.0. The van der Waals surface area contributed by atoms with E-state index in [0.717, 1.165) is 29.8 Å². The summed E-state index contributed by atoms with van der Waals surface area (Å²) in [6.45, 7) is 9.58. The summed E-state index contributed by atoms with van der Waals surface area (Å²) in [7, 11) is -3.69. The number of hydrogen-bond donors (Lipinski definition) is 1. The van der Waals surface area contributed by atoms with E-state index in [-0.39, 0.29) is 16.0 Å². The quantitative estimate of drug-likeness (QED) is 0.186. The second-order valence-electron chi connectivity index (χ2n) is 11.9. The van der Waals surface area contributed by atoms with Gasteiger partial charge in [0.15, 0.2) is 0 Å². The maximum Gasteiger partial charge on any atom is 0.346 e. The average molecular weight is 610 g/mol. The molecular formula is C35H39N5O3S. The van der Waals surface area contributed by atoms with Crippen molar-refractivity contribution < 1.29 is 8.42 Å². The number of aromatic nitrogens is 4. The Labute approximate surface area is 259 Å². The van der Waals surface area contributed by atoms with Crippen molar-refractivity contribution in [3.63, 3.8) is 0 Å². The molecule has 8 nitrogen and oxygen atoms in total. The molecule has 0 bridgehead atoms. The molecule has 2 aromatic heterocycles. The van der Waals surface area contributed by atoms with Gasteiger partial charge >= 0.3 is 5.69 Å². The van der Waals surface area contributed by atoms with Crippen LogP contribution in [0.25, 0.3) is 11.3 Å². The van der Waals surface area contributed by atoms with Crippen LogP contribution >= 0.6 is 0 Å². The third kappa shape index (κ3) is 7.34. The van der Waals surface area contributed by atoms with Gasteiger partial charge in [-0.1, -0.05) is 87.5 Å². The number of nitrogens with zero attached hydrogens (tertiary/aromatic N) is 4. The molecule has 0 aliphatic heterocycles. The number of rotatable bonds is 11. The summed E-state index contributed by atoms with van der Waals surface area (Å²) in [5.74, 6) is 0.805. The molecule has 0 aliphatic carbocycles. The topological polar surface area (TPSA) is 98.9 Å². The molecule has 228 valence electrons. The van der Waals surface area contributed by atoms with Gasteiger partial charge in [-0.2, -0.15) is 5.10 Å². The molecule has 0 atom stereocenters. The van der Waals surface area contributed by atoms with E-state index in [1.165, 1.54) is 11.1 Å². The first-order valence-corrected chi connectivity index (χ1v) is 16.4. The van der Waals surface area contributed by atoms with Crippen LogP contribution in [0.3, 0.4) is 0 Å². The highest BCUT2D eigenvalue weighted by atomic mass is 32.2. The number of nitrogens with one attached hydrogen (secondary N) is 1. The highest BCUT2D eigenvalue weighted by molar-refractivity contribution is 7.92. The van der Waals surface area contributed by atoms with Crippen molar-refractivity contribution in [2.24, 2.45) is 0 Å². The van der Waals surface area contributed by atoms with Gasteiger partial charge in [0, 0.05) is 24.7 Å². The molecule has 44 heavy (non-hydrogen) atoms. The summed E-state index contributed by atoms with van der Waals surface area (Å²) in [5, 5.41) is 4.69. The molecule has 3 aromatic carbocycles. The van der Waals surface area contributed by atoms with E-state index in [4.69, 9.17) is 5.10 Å². The minimum absolute atomic E-state index is 0.0764. The van der Waals surface area contributed by atoms with Gasteiger partial charge in [0.05, 0.1) is 22.8 Å². The third-order valence-corrected chi connectivity index (χ3v) is 9.05. The molecule has 0 fully saturated rings. The average Bonchev–Trinajstić information content (AvgIpc) is 3.31. The van der Waals surface area contributed by atoms with Crippen LogP contribution in [0.4, 0.5) is 5.69 Å². The highest BCUT2D eigenvalue weighted by Crippen LogP contribution is 2.24. The van der Waals surface area contributed by atoms with Crippen LogP contribution in [0.2, 0.25) is 0 Å². The number of aryl methyl sites for hydroxylation is 2. The van der Waals surface area contributed by atoms with Crippen molar-refractivity contribution in [3.05, 3.63) is 130 Å². The predicted molar refractivity (Wildman–Crippen MR) is 175 cm³/mol. The van der Waals surface area contributed by atoms with Gasteiger partial charge in [-0.25, -0.2) is 17.9 Å². The third-order valence-electron chi connectivity index (χ3n) is 7.65. The van der Waals surface area contributed by atoms with E-state index < -0.39 is 10.0 Å². The lowest BCUT2D eigenvalue weighted by molar-refractivity contribution is 0.588. The zero-order valence-electron chi connectivity index (χ0n) is 25.7. The summed E-state index contributed by atoms with van der Waals surface area (Å²) in [5.41, 5.74) is 5.51. The molecule has 0 aliphatic rings. The Morgan fingerprint density at radius 1 is 0.841 bits per heavy atom. The van der Waals surface area contributed by atoms with Crippen molar-refractivity contribution in [2.75, 3.05) is 4.72 Å². The van der Waals surface area contributed by atoms with Gasteiger partial charge in [-0.15, -0.1) is 0 Å². The first kappa shape index (κ1) is 30.9. The molecular weight excluding hydrogens is 570 g/mol. The molecule has 0 spiro atoms. The molecule has 0 unspecified atom stereocenters. The molecule has 0 saturated carbocycles. The summed E-state index contributed by atoms with van der Waals surface area (Å²) >= 11 is 0. The van der Waals surface area contributed by atoms with E-state index in [9.17, 15) is 13.2 Å². The van der Waals surface area contributed by atoms with E-state index in [0.29, 0.717) is 30.9 Å². The Bertz CT molecular complexity index is 1870. The van der Waals surface area contributed by atoms with Crippen molar-refractivity contribution in [3.8, 4) is 11.3 Å². The van der Waals surface area contributed by atoms with Crippen molar-refractivity contribution >= 4 is 15.7 Å². The Hall–Kier alpha value is -4.50. The summed E-state index contributed by atoms with van der Waals surface area (Å²) in [6.07, 6.45) is 3.99. The summed E-state index contributed by atoms with van der Waals surface area (Å²) in [6, 6.07) is 28.2. The minimum Gasteiger partial charge on any atom is -0.279 e. The number of hydrogen-bond acceptors (Lipinski definition) is 5. The lowest BCUT2D eigenvalue weighted by Gasteiger charge is -2.19. The van der Waals surface area contributed by atoms with E-state index >= 15 is 0 Å². The summed E-state index contributed by atoms with van der Waals surface area (Å²) in [4.78, 5) is 17.7. The van der Waals surface area contributed by atoms with Crippen LogP contribution in [0, 0.1) is 0 Å². The zero-order chi connectivity index (χ0) is 31.3. The Balaban J connectivity index is 1.20. The molecule has 5 rings (SSSR count). The van der Waals surface area contributed by atoms with E-state index in [1.54, 1.807) is 57.9 Å². The van der Waals surface area contributed by atoms with E-state index in [2.05, 4.69) is 66.9 Å². The normalized spacial score (nSPS) is 11.9. The van der Waals surface area contributed by atoms with Gasteiger partial charge in [0.1, 0.15) is 5.82 Å². The van der Waals surface area contributed by atoms with Crippen molar-refractivity contribution in [1.29, 1.82) is 0 Å². The van der Waals surface area contributed by atoms with Gasteiger partial charge < -0.3 is 0 Å². The Morgan fingerprint density at radius 2 is 1.52 bits per heavy atom. The molecule has 1 N–H and O–H groups in total. The number of anilines is 1. The van der Waals surface area contributed by atoms with Crippen LogP contribution in [-0.2, 0) is 41.4 Å². The fraction of sp³-hybridized carbons (Fsp3) is 0.286. The fourth-order valence-corrected chi connectivity index (χ4v) is 6.20. The predicted octanol–water partition coefficient (Wildman–Crippen LogP) is 6.45. The van der Waals surface area contributed by atoms with Crippen LogP contribution in [0.1, 0.15) is 56.6 Å². The van der Waals surface area contributed by atoms with E-state index in [1.807, 2.05) is 19.1 Å². The standard InChI is InChI=1S/C35H39N5O3S/c1-5-39-33(37-40(34(39)41)25-27-16-20-29(21-17-27)35(2,3)4)13-9-10-26-14-18-28(19-15-26)32-24-30(22-23-36-32)38-44(42,43)31-11-7-6-8-12-31/h6-8,11-12,14-24H,5,9-10,13,25H2,1-4H3,(H,36,38). The maximum absolute atomic E-state index is 13.0. The second kappa shape index (κ2) is 13.0. The first-order valence-electron chi connectivity index (χ1n) is 14.9. The largest absolute Gasteiger partial charge is 0.346 e. The minimum atomic E-state index is -3.69. The molecule has 9 heteroatoms. The zero-order valence-corrected chi connectivity index (χ0v) is 26.5.